The van der Waals surface area contributed by atoms with Gasteiger partial charge in [-0.05, 0) is 43.3 Å². The van der Waals surface area contributed by atoms with Gasteiger partial charge in [0.1, 0.15) is 17.3 Å². The van der Waals surface area contributed by atoms with Gasteiger partial charge in [-0.3, -0.25) is 4.79 Å². The molecule has 0 bridgehead atoms. The third kappa shape index (κ3) is 4.77. The van der Waals surface area contributed by atoms with Gasteiger partial charge in [-0.25, -0.2) is 4.68 Å². The molecule has 146 valence electrons. The number of nitrogens with one attached hydrogen (secondary N) is 1. The number of hydrogen-bond donors (Lipinski definition) is 1. The van der Waals surface area contributed by atoms with Crippen LogP contribution in [-0.2, 0) is 11.3 Å². The van der Waals surface area contributed by atoms with E-state index < -0.39 is 6.10 Å². The average Bonchev–Trinajstić information content (AvgIpc) is 3.12. The molecule has 1 aromatic heterocycles. The fourth-order valence-electron chi connectivity index (χ4n) is 2.54. The Morgan fingerprint density at radius 3 is 2.39 bits per heavy atom. The molecule has 1 N–H and O–H groups in total. The SMILES string of the molecule is COc1ccc(OC(C)C(=O)Nc2ccnn2Cc2c(Cl)cccc2Cl)cc1. The highest BCUT2D eigenvalue weighted by molar-refractivity contribution is 6.36. The number of carbonyl (C=O) groups excluding carboxylic acids is 1. The van der Waals surface area contributed by atoms with Gasteiger partial charge in [0.2, 0.25) is 0 Å². The number of halogens is 2. The van der Waals surface area contributed by atoms with Gasteiger partial charge in [0.25, 0.3) is 5.91 Å². The van der Waals surface area contributed by atoms with E-state index in [0.29, 0.717) is 33.9 Å². The first kappa shape index (κ1) is 20.0. The minimum Gasteiger partial charge on any atom is -0.497 e. The molecular weight excluding hydrogens is 401 g/mol. The highest BCUT2D eigenvalue weighted by Gasteiger charge is 2.17. The van der Waals surface area contributed by atoms with Crippen LogP contribution in [0.4, 0.5) is 5.82 Å². The van der Waals surface area contributed by atoms with Crippen molar-refractivity contribution in [1.29, 1.82) is 0 Å². The Balaban J connectivity index is 1.66. The number of aromatic nitrogens is 2. The molecule has 0 fully saturated rings. The molecule has 1 atom stereocenters. The predicted octanol–water partition coefficient (Wildman–Crippen LogP) is 4.65. The number of benzene rings is 2. The predicted molar refractivity (Wildman–Crippen MR) is 110 cm³/mol. The number of hydrogen-bond acceptors (Lipinski definition) is 4. The maximum Gasteiger partial charge on any atom is 0.266 e. The molecule has 3 aromatic rings. The van der Waals surface area contributed by atoms with Crippen molar-refractivity contribution in [2.75, 3.05) is 12.4 Å². The molecule has 1 amide bonds. The second-order valence-electron chi connectivity index (χ2n) is 6.00. The molecule has 0 saturated heterocycles. The first-order chi connectivity index (χ1) is 13.5. The van der Waals surface area contributed by atoms with Crippen molar-refractivity contribution in [2.45, 2.75) is 19.6 Å². The fourth-order valence-corrected chi connectivity index (χ4v) is 3.05. The maximum atomic E-state index is 12.5. The molecule has 0 aliphatic heterocycles. The number of amides is 1. The molecule has 6 nitrogen and oxygen atoms in total. The Labute approximate surface area is 173 Å². The van der Waals surface area contributed by atoms with Gasteiger partial charge in [-0.15, -0.1) is 0 Å². The second-order valence-corrected chi connectivity index (χ2v) is 6.81. The molecular formula is C20H19Cl2N3O3. The van der Waals surface area contributed by atoms with Crippen LogP contribution in [0.2, 0.25) is 10.0 Å². The van der Waals surface area contributed by atoms with Gasteiger partial charge in [0.15, 0.2) is 6.10 Å². The van der Waals surface area contributed by atoms with Crippen LogP contribution in [0.15, 0.2) is 54.7 Å². The minimum absolute atomic E-state index is 0.303. The zero-order valence-electron chi connectivity index (χ0n) is 15.4. The summed E-state index contributed by atoms with van der Waals surface area (Å²) in [6, 6.07) is 14.0. The molecule has 0 aliphatic rings. The van der Waals surface area contributed by atoms with Crippen molar-refractivity contribution < 1.29 is 14.3 Å². The van der Waals surface area contributed by atoms with Gasteiger partial charge in [0.05, 0.1) is 19.9 Å². The summed E-state index contributed by atoms with van der Waals surface area (Å²) in [6.45, 7) is 2.00. The van der Waals surface area contributed by atoms with E-state index in [0.717, 1.165) is 5.56 Å². The lowest BCUT2D eigenvalue weighted by molar-refractivity contribution is -0.122. The number of carbonyl (C=O) groups is 1. The van der Waals surface area contributed by atoms with Gasteiger partial charge in [0, 0.05) is 21.7 Å². The number of rotatable bonds is 7. The molecule has 0 saturated carbocycles. The third-order valence-electron chi connectivity index (χ3n) is 4.08. The van der Waals surface area contributed by atoms with Crippen LogP contribution in [0.1, 0.15) is 12.5 Å². The highest BCUT2D eigenvalue weighted by atomic mass is 35.5. The van der Waals surface area contributed by atoms with Crippen molar-refractivity contribution in [3.63, 3.8) is 0 Å². The molecule has 3 rings (SSSR count). The number of ether oxygens (including phenoxy) is 2. The Bertz CT molecular complexity index is 937. The molecule has 0 radical (unpaired) electrons. The quantitative estimate of drug-likeness (QED) is 0.604. The minimum atomic E-state index is -0.708. The highest BCUT2D eigenvalue weighted by Crippen LogP contribution is 2.26. The standard InChI is InChI=1S/C20H19Cl2N3O3/c1-13(28-15-8-6-14(27-2)7-9-15)20(26)24-19-10-11-23-25(19)12-16-17(21)4-3-5-18(16)22/h3-11,13H,12H2,1-2H3,(H,24,26). The lowest BCUT2D eigenvalue weighted by Gasteiger charge is -2.16. The van der Waals surface area contributed by atoms with E-state index in [2.05, 4.69) is 10.4 Å². The van der Waals surface area contributed by atoms with Crippen molar-refractivity contribution in [3.8, 4) is 11.5 Å². The van der Waals surface area contributed by atoms with Crippen LogP contribution < -0.4 is 14.8 Å². The number of anilines is 1. The summed E-state index contributed by atoms with van der Waals surface area (Å²) in [4.78, 5) is 12.5. The van der Waals surface area contributed by atoms with E-state index in [4.69, 9.17) is 32.7 Å². The van der Waals surface area contributed by atoms with E-state index in [9.17, 15) is 4.79 Å². The summed E-state index contributed by atoms with van der Waals surface area (Å²) >= 11 is 12.4. The lowest BCUT2D eigenvalue weighted by atomic mass is 10.2. The Kier molecular flexibility index (Phi) is 6.44. The van der Waals surface area contributed by atoms with Crippen LogP contribution in [0, 0.1) is 0 Å². The summed E-state index contributed by atoms with van der Waals surface area (Å²) in [5, 5.41) is 8.13. The maximum absolute atomic E-state index is 12.5. The second kappa shape index (κ2) is 8.99. The molecule has 0 aliphatic carbocycles. The summed E-state index contributed by atoms with van der Waals surface area (Å²) in [7, 11) is 1.59. The van der Waals surface area contributed by atoms with Crippen molar-refractivity contribution in [1.82, 2.24) is 9.78 Å². The van der Waals surface area contributed by atoms with E-state index >= 15 is 0 Å². The van der Waals surface area contributed by atoms with Crippen molar-refractivity contribution in [2.24, 2.45) is 0 Å². The van der Waals surface area contributed by atoms with Crippen molar-refractivity contribution in [3.05, 3.63) is 70.3 Å². The number of nitrogens with zero attached hydrogens (tertiary/aromatic N) is 2. The zero-order chi connectivity index (χ0) is 20.1. The molecule has 8 heteroatoms. The van der Waals surface area contributed by atoms with Crippen LogP contribution >= 0.6 is 23.2 Å². The van der Waals surface area contributed by atoms with Gasteiger partial charge >= 0.3 is 0 Å². The third-order valence-corrected chi connectivity index (χ3v) is 4.79. The molecule has 1 unspecified atom stereocenters. The van der Waals surface area contributed by atoms with Gasteiger partial charge < -0.3 is 14.8 Å². The van der Waals surface area contributed by atoms with Crippen LogP contribution in [-0.4, -0.2) is 28.9 Å². The summed E-state index contributed by atoms with van der Waals surface area (Å²) in [5.74, 6) is 1.50. The van der Waals surface area contributed by atoms with Crippen LogP contribution in [0.3, 0.4) is 0 Å². The van der Waals surface area contributed by atoms with E-state index in [1.54, 1.807) is 73.4 Å². The molecule has 28 heavy (non-hydrogen) atoms. The van der Waals surface area contributed by atoms with Crippen LogP contribution in [0.5, 0.6) is 11.5 Å². The summed E-state index contributed by atoms with van der Waals surface area (Å²) in [6.07, 6.45) is 0.885. The first-order valence-corrected chi connectivity index (χ1v) is 9.30. The molecule has 0 spiro atoms. The van der Waals surface area contributed by atoms with Gasteiger partial charge in [-0.2, -0.15) is 5.10 Å². The topological polar surface area (TPSA) is 65.4 Å². The largest absolute Gasteiger partial charge is 0.497 e. The average molecular weight is 420 g/mol. The Morgan fingerprint density at radius 1 is 1.11 bits per heavy atom. The smallest absolute Gasteiger partial charge is 0.266 e. The number of methoxy groups -OCH3 is 1. The molecule has 1 heterocycles. The van der Waals surface area contributed by atoms with E-state index in [-0.39, 0.29) is 5.91 Å². The normalized spacial score (nSPS) is 11.7. The zero-order valence-corrected chi connectivity index (χ0v) is 16.9. The van der Waals surface area contributed by atoms with E-state index in [1.807, 2.05) is 0 Å². The fraction of sp³-hybridized carbons (Fsp3) is 0.200. The summed E-state index contributed by atoms with van der Waals surface area (Å²) < 4.78 is 12.4. The summed E-state index contributed by atoms with van der Waals surface area (Å²) in [5.41, 5.74) is 0.729. The van der Waals surface area contributed by atoms with Crippen LogP contribution in [0.25, 0.3) is 0 Å². The van der Waals surface area contributed by atoms with Gasteiger partial charge in [-0.1, -0.05) is 29.3 Å². The monoisotopic (exact) mass is 419 g/mol. The lowest BCUT2D eigenvalue weighted by Crippen LogP contribution is -2.31. The first-order valence-electron chi connectivity index (χ1n) is 8.54. The van der Waals surface area contributed by atoms with Crippen molar-refractivity contribution >= 4 is 34.9 Å². The van der Waals surface area contributed by atoms with E-state index in [1.165, 1.54) is 0 Å². The molecule has 2 aromatic carbocycles. The Hall–Kier alpha value is -2.70. The Morgan fingerprint density at radius 2 is 1.75 bits per heavy atom.